The molecule has 0 saturated heterocycles. The number of carbonyl (C=O) groups is 2. The number of carbonyl (C=O) groups excluding carboxylic acids is 2. The molecule has 0 fully saturated rings. The Morgan fingerprint density at radius 1 is 0.561 bits per heavy atom. The predicted octanol–water partition coefficient (Wildman–Crippen LogP) is 7.50. The van der Waals surface area contributed by atoms with E-state index in [2.05, 4.69) is 43.5 Å². The fourth-order valence-corrected chi connectivity index (χ4v) is 4.78. The molecule has 5 aromatic rings. The lowest BCUT2D eigenvalue weighted by Gasteiger charge is -2.18. The monoisotopic (exact) mass is 544 g/mol. The Kier molecular flexibility index (Phi) is 8.41. The van der Waals surface area contributed by atoms with Crippen LogP contribution in [-0.4, -0.2) is 31.9 Å². The summed E-state index contributed by atoms with van der Waals surface area (Å²) in [5.41, 5.74) is 4.27. The average molecular weight is 545 g/mol. The summed E-state index contributed by atoms with van der Waals surface area (Å²) in [5.74, 6) is 0.262. The second-order valence-corrected chi connectivity index (χ2v) is 9.04. The molecular formula is C35H28O6. The van der Waals surface area contributed by atoms with Crippen LogP contribution in [0.15, 0.2) is 122 Å². The van der Waals surface area contributed by atoms with Gasteiger partial charge in [0.1, 0.15) is 24.7 Å². The highest BCUT2D eigenvalue weighted by molar-refractivity contribution is 6.21. The summed E-state index contributed by atoms with van der Waals surface area (Å²) in [6.45, 7) is 6.97. The van der Waals surface area contributed by atoms with Gasteiger partial charge in [-0.05, 0) is 68.1 Å². The van der Waals surface area contributed by atoms with E-state index in [1.807, 2.05) is 66.7 Å². The Balaban J connectivity index is 1.53. The molecule has 0 aliphatic carbocycles. The number of benzene rings is 5. The normalized spacial score (nSPS) is 10.6. The third kappa shape index (κ3) is 6.12. The number of rotatable bonds is 11. The van der Waals surface area contributed by atoms with Crippen LogP contribution in [0.25, 0.3) is 43.8 Å². The summed E-state index contributed by atoms with van der Waals surface area (Å²) in [6, 6.07) is 32.4. The molecule has 0 bridgehead atoms. The fraction of sp³-hybridized carbons (Fsp3) is 0.0857. The molecule has 0 heterocycles. The van der Waals surface area contributed by atoms with Crippen LogP contribution in [0.2, 0.25) is 0 Å². The molecule has 0 radical (unpaired) electrons. The molecule has 0 spiro atoms. The molecule has 6 heteroatoms. The van der Waals surface area contributed by atoms with Crippen LogP contribution in [0.4, 0.5) is 0 Å². The van der Waals surface area contributed by atoms with Gasteiger partial charge in [0.15, 0.2) is 0 Å². The van der Waals surface area contributed by atoms with Crippen LogP contribution in [0, 0.1) is 0 Å². The van der Waals surface area contributed by atoms with Crippen molar-refractivity contribution in [3.63, 3.8) is 0 Å². The highest BCUT2D eigenvalue weighted by Gasteiger charge is 2.17. The third-order valence-electron chi connectivity index (χ3n) is 6.55. The van der Waals surface area contributed by atoms with Gasteiger partial charge in [0.05, 0.1) is 0 Å². The zero-order chi connectivity index (χ0) is 28.6. The van der Waals surface area contributed by atoms with Crippen molar-refractivity contribution in [1.82, 2.24) is 0 Å². The topological polar surface area (TPSA) is 71.1 Å². The number of fused-ring (bicyclic) bond motifs is 2. The molecule has 0 aliphatic rings. The molecule has 6 nitrogen and oxygen atoms in total. The summed E-state index contributed by atoms with van der Waals surface area (Å²) in [4.78, 5) is 22.6. The number of hydrogen-bond donors (Lipinski definition) is 0. The minimum absolute atomic E-state index is 0.138. The van der Waals surface area contributed by atoms with Gasteiger partial charge < -0.3 is 18.9 Å². The van der Waals surface area contributed by atoms with Gasteiger partial charge in [0, 0.05) is 12.2 Å². The number of hydrogen-bond acceptors (Lipinski definition) is 6. The van der Waals surface area contributed by atoms with Crippen molar-refractivity contribution < 1.29 is 28.5 Å². The van der Waals surface area contributed by atoms with E-state index in [9.17, 15) is 9.59 Å². The Bertz CT molecular complexity index is 1680. The highest BCUT2D eigenvalue weighted by atomic mass is 16.7. The van der Waals surface area contributed by atoms with E-state index < -0.39 is 11.9 Å². The van der Waals surface area contributed by atoms with E-state index in [0.29, 0.717) is 11.5 Å². The Labute approximate surface area is 238 Å². The maximum Gasteiger partial charge on any atom is 0.333 e. The summed E-state index contributed by atoms with van der Waals surface area (Å²) in [5, 5.41) is 4.43. The van der Waals surface area contributed by atoms with Crippen LogP contribution >= 0.6 is 0 Å². The first-order valence-corrected chi connectivity index (χ1v) is 13.1. The van der Waals surface area contributed by atoms with Gasteiger partial charge in [0.25, 0.3) is 0 Å². The molecular weight excluding hydrogens is 516 g/mol. The van der Waals surface area contributed by atoms with Crippen molar-refractivity contribution in [2.75, 3.05) is 20.0 Å². The van der Waals surface area contributed by atoms with Crippen LogP contribution in [0.3, 0.4) is 0 Å². The van der Waals surface area contributed by atoms with E-state index in [-0.39, 0.29) is 20.0 Å². The summed E-state index contributed by atoms with van der Waals surface area (Å²) in [7, 11) is 0. The van der Waals surface area contributed by atoms with Gasteiger partial charge in [-0.15, -0.1) is 0 Å². The van der Waals surface area contributed by atoms with E-state index in [4.69, 9.17) is 18.9 Å². The molecule has 0 aromatic heterocycles. The van der Waals surface area contributed by atoms with Crippen molar-refractivity contribution in [2.24, 2.45) is 0 Å². The maximum absolute atomic E-state index is 11.3. The molecule has 0 aliphatic heterocycles. The molecule has 41 heavy (non-hydrogen) atoms. The van der Waals surface area contributed by atoms with E-state index >= 15 is 0 Å². The smallest absolute Gasteiger partial charge is 0.333 e. The molecule has 5 rings (SSSR count). The van der Waals surface area contributed by atoms with Gasteiger partial charge in [-0.3, -0.25) is 0 Å². The SMILES string of the molecule is C=CC(=O)OCCOc1cccc(-c2c3ccccc3c(-c3ccc(OCOC(=O)C=C)cc3)c3ccccc23)c1. The first-order valence-electron chi connectivity index (χ1n) is 13.1. The van der Waals surface area contributed by atoms with Crippen molar-refractivity contribution in [2.45, 2.75) is 0 Å². The van der Waals surface area contributed by atoms with Crippen LogP contribution in [-0.2, 0) is 19.1 Å². The second-order valence-electron chi connectivity index (χ2n) is 9.04. The molecule has 0 saturated carbocycles. The molecule has 5 aromatic carbocycles. The summed E-state index contributed by atoms with van der Waals surface area (Å²) < 4.78 is 21.4. The zero-order valence-corrected chi connectivity index (χ0v) is 22.4. The van der Waals surface area contributed by atoms with Gasteiger partial charge >= 0.3 is 11.9 Å². The molecule has 0 atom stereocenters. The van der Waals surface area contributed by atoms with Crippen LogP contribution in [0.5, 0.6) is 11.5 Å². The molecule has 204 valence electrons. The van der Waals surface area contributed by atoms with Crippen LogP contribution < -0.4 is 9.47 Å². The van der Waals surface area contributed by atoms with E-state index in [0.717, 1.165) is 56.0 Å². The lowest BCUT2D eigenvalue weighted by molar-refractivity contribution is -0.144. The first kappa shape index (κ1) is 27.2. The van der Waals surface area contributed by atoms with E-state index in [1.165, 1.54) is 0 Å². The fourth-order valence-electron chi connectivity index (χ4n) is 4.78. The molecule has 0 unspecified atom stereocenters. The Morgan fingerprint density at radius 3 is 1.71 bits per heavy atom. The average Bonchev–Trinajstić information content (AvgIpc) is 3.02. The van der Waals surface area contributed by atoms with E-state index in [1.54, 1.807) is 0 Å². The third-order valence-corrected chi connectivity index (χ3v) is 6.55. The van der Waals surface area contributed by atoms with Crippen molar-refractivity contribution in [1.29, 1.82) is 0 Å². The predicted molar refractivity (Wildman–Crippen MR) is 161 cm³/mol. The molecule has 0 N–H and O–H groups in total. The Morgan fingerprint density at radius 2 is 1.12 bits per heavy atom. The summed E-state index contributed by atoms with van der Waals surface area (Å²) in [6.07, 6.45) is 2.23. The number of ether oxygens (including phenoxy) is 4. The van der Waals surface area contributed by atoms with Crippen molar-refractivity contribution >= 4 is 33.5 Å². The minimum Gasteiger partial charge on any atom is -0.490 e. The maximum atomic E-state index is 11.3. The quantitative estimate of drug-likeness (QED) is 0.0564. The van der Waals surface area contributed by atoms with Crippen molar-refractivity contribution in [3.8, 4) is 33.8 Å². The lowest BCUT2D eigenvalue weighted by Crippen LogP contribution is -2.10. The Hall–Kier alpha value is -5.36. The zero-order valence-electron chi connectivity index (χ0n) is 22.4. The van der Waals surface area contributed by atoms with Gasteiger partial charge in [-0.2, -0.15) is 0 Å². The lowest BCUT2D eigenvalue weighted by atomic mass is 9.86. The van der Waals surface area contributed by atoms with Gasteiger partial charge in [-0.25, -0.2) is 9.59 Å². The summed E-state index contributed by atoms with van der Waals surface area (Å²) >= 11 is 0. The minimum atomic E-state index is -0.536. The molecule has 0 amide bonds. The standard InChI is InChI=1S/C35H28O6/c1-3-32(36)39-21-20-38-27-11-9-10-25(22-27)35-30-14-7-5-12-28(30)34(29-13-6-8-15-31(29)35)24-16-18-26(19-17-24)40-23-41-33(37)4-2/h3-19,22H,1-2,20-21,23H2. The van der Waals surface area contributed by atoms with Crippen molar-refractivity contribution in [3.05, 3.63) is 122 Å². The van der Waals surface area contributed by atoms with Crippen LogP contribution in [0.1, 0.15) is 0 Å². The first-order chi connectivity index (χ1) is 20.1. The highest BCUT2D eigenvalue weighted by Crippen LogP contribution is 2.44. The second kappa shape index (κ2) is 12.7. The van der Waals surface area contributed by atoms with Gasteiger partial charge in [-0.1, -0.05) is 86.0 Å². The number of esters is 2. The van der Waals surface area contributed by atoms with Gasteiger partial charge in [0.2, 0.25) is 6.79 Å². The largest absolute Gasteiger partial charge is 0.490 e.